The summed E-state index contributed by atoms with van der Waals surface area (Å²) >= 11 is 5.51. The number of aliphatic hydroxyl groups is 1. The van der Waals surface area contributed by atoms with Gasteiger partial charge in [-0.1, -0.05) is 0 Å². The molecule has 0 bridgehead atoms. The number of rotatable bonds is 6. The summed E-state index contributed by atoms with van der Waals surface area (Å²) in [6, 6.07) is 0. The summed E-state index contributed by atoms with van der Waals surface area (Å²) in [7, 11) is 0. The summed E-state index contributed by atoms with van der Waals surface area (Å²) in [5.41, 5.74) is -0.827. The van der Waals surface area contributed by atoms with Gasteiger partial charge in [0, 0.05) is 25.4 Å². The van der Waals surface area contributed by atoms with Crippen LogP contribution in [-0.2, 0) is 4.79 Å². The number of carbonyl (C=O) groups excluding carboxylic acids is 1. The van der Waals surface area contributed by atoms with Crippen LogP contribution in [0.5, 0.6) is 0 Å². The normalized spacial score (nSPS) is 11.5. The number of likely N-dealkylation sites (N-methyl/N-ethyl adjacent to an activating group) is 1. The maximum atomic E-state index is 11.6. The fraction of sp³-hybridized carbons (Fsp3) is 0.900. The molecule has 0 atom stereocenters. The van der Waals surface area contributed by atoms with Gasteiger partial charge in [0.25, 0.3) is 0 Å². The van der Waals surface area contributed by atoms with Gasteiger partial charge in [-0.25, -0.2) is 0 Å². The predicted octanol–water partition coefficient (Wildman–Crippen LogP) is 1.62. The van der Waals surface area contributed by atoms with Gasteiger partial charge in [-0.3, -0.25) is 4.79 Å². The van der Waals surface area contributed by atoms with Gasteiger partial charge in [-0.15, -0.1) is 11.6 Å². The van der Waals surface area contributed by atoms with Crippen molar-refractivity contribution in [2.24, 2.45) is 0 Å². The summed E-state index contributed by atoms with van der Waals surface area (Å²) in [5.74, 6) is 0.571. The molecule has 0 aliphatic rings. The van der Waals surface area contributed by atoms with Crippen molar-refractivity contribution in [2.75, 3.05) is 19.0 Å². The lowest BCUT2D eigenvalue weighted by Crippen LogP contribution is -2.42. The van der Waals surface area contributed by atoms with Gasteiger partial charge in [-0.05, 0) is 27.2 Å². The predicted molar refractivity (Wildman–Crippen MR) is 58.5 cm³/mol. The van der Waals surface area contributed by atoms with Crippen LogP contribution in [0.3, 0.4) is 0 Å². The largest absolute Gasteiger partial charge is 0.389 e. The monoisotopic (exact) mass is 221 g/mol. The second-order valence-corrected chi connectivity index (χ2v) is 4.39. The Balaban J connectivity index is 4.06. The molecule has 84 valence electrons. The number of nitrogens with zero attached hydrogens (tertiary/aromatic N) is 1. The van der Waals surface area contributed by atoms with Crippen LogP contribution in [0.4, 0.5) is 0 Å². The smallest absolute Gasteiger partial charge is 0.222 e. The number of alkyl halides is 1. The van der Waals surface area contributed by atoms with Crippen molar-refractivity contribution in [2.45, 2.75) is 39.2 Å². The first-order valence-electron chi connectivity index (χ1n) is 4.97. The summed E-state index contributed by atoms with van der Waals surface area (Å²) in [6.07, 6.45) is 1.16. The van der Waals surface area contributed by atoms with Crippen LogP contribution in [0.25, 0.3) is 0 Å². The molecule has 0 radical (unpaired) electrons. The molecule has 0 aliphatic heterocycles. The van der Waals surface area contributed by atoms with Crippen LogP contribution < -0.4 is 0 Å². The van der Waals surface area contributed by atoms with Crippen molar-refractivity contribution in [3.63, 3.8) is 0 Å². The van der Waals surface area contributed by atoms with Crippen LogP contribution >= 0.6 is 11.6 Å². The van der Waals surface area contributed by atoms with E-state index in [0.717, 1.165) is 0 Å². The highest BCUT2D eigenvalue weighted by molar-refractivity contribution is 6.17. The molecule has 0 rings (SSSR count). The van der Waals surface area contributed by atoms with Gasteiger partial charge in [-0.2, -0.15) is 0 Å². The first-order valence-corrected chi connectivity index (χ1v) is 5.50. The van der Waals surface area contributed by atoms with E-state index < -0.39 is 5.60 Å². The molecule has 0 aromatic carbocycles. The van der Waals surface area contributed by atoms with E-state index in [0.29, 0.717) is 31.8 Å². The molecule has 0 aromatic rings. The molecule has 0 fully saturated rings. The Bertz CT molecular complexity index is 177. The van der Waals surface area contributed by atoms with E-state index >= 15 is 0 Å². The molecule has 0 heterocycles. The van der Waals surface area contributed by atoms with E-state index in [9.17, 15) is 9.90 Å². The quantitative estimate of drug-likeness (QED) is 0.693. The van der Waals surface area contributed by atoms with Crippen molar-refractivity contribution in [1.82, 2.24) is 4.90 Å². The van der Waals surface area contributed by atoms with Gasteiger partial charge < -0.3 is 10.0 Å². The highest BCUT2D eigenvalue weighted by atomic mass is 35.5. The minimum absolute atomic E-state index is 0.0651. The van der Waals surface area contributed by atoms with E-state index in [-0.39, 0.29) is 5.91 Å². The lowest BCUT2D eigenvalue weighted by atomic mass is 10.1. The van der Waals surface area contributed by atoms with Crippen LogP contribution in [0.2, 0.25) is 0 Å². The van der Waals surface area contributed by atoms with Crippen LogP contribution in [0, 0.1) is 0 Å². The highest BCUT2D eigenvalue weighted by Crippen LogP contribution is 2.07. The molecule has 0 aromatic heterocycles. The Morgan fingerprint density at radius 3 is 2.43 bits per heavy atom. The number of halogens is 1. The molecule has 0 spiro atoms. The molecule has 1 N–H and O–H groups in total. The Morgan fingerprint density at radius 1 is 1.50 bits per heavy atom. The van der Waals surface area contributed by atoms with Gasteiger partial charge in [0.05, 0.1) is 5.60 Å². The molecule has 0 saturated carbocycles. The lowest BCUT2D eigenvalue weighted by molar-refractivity contribution is -0.133. The SMILES string of the molecule is CCN(CC(C)(C)O)C(=O)CCCCl. The molecule has 0 saturated heterocycles. The average molecular weight is 222 g/mol. The second-order valence-electron chi connectivity index (χ2n) is 4.01. The number of hydrogen-bond donors (Lipinski definition) is 1. The minimum Gasteiger partial charge on any atom is -0.389 e. The Hall–Kier alpha value is -0.280. The van der Waals surface area contributed by atoms with Crippen molar-refractivity contribution in [3.8, 4) is 0 Å². The Labute approximate surface area is 91.0 Å². The van der Waals surface area contributed by atoms with Crippen LogP contribution in [0.1, 0.15) is 33.6 Å². The lowest BCUT2D eigenvalue weighted by Gasteiger charge is -2.28. The third-order valence-electron chi connectivity index (χ3n) is 1.84. The molecule has 0 aliphatic carbocycles. The van der Waals surface area contributed by atoms with E-state index in [4.69, 9.17) is 11.6 Å². The van der Waals surface area contributed by atoms with Crippen molar-refractivity contribution >= 4 is 17.5 Å². The molecule has 14 heavy (non-hydrogen) atoms. The molecular formula is C10H20ClNO2. The number of amides is 1. The average Bonchev–Trinajstić information content (AvgIpc) is 2.08. The molecule has 1 amide bonds. The van der Waals surface area contributed by atoms with E-state index in [2.05, 4.69) is 0 Å². The summed E-state index contributed by atoms with van der Waals surface area (Å²) in [4.78, 5) is 13.2. The fourth-order valence-electron chi connectivity index (χ4n) is 1.22. The molecule has 3 nitrogen and oxygen atoms in total. The number of carbonyl (C=O) groups is 1. The van der Waals surface area contributed by atoms with Crippen molar-refractivity contribution in [1.29, 1.82) is 0 Å². The van der Waals surface area contributed by atoms with Gasteiger partial charge in [0.2, 0.25) is 5.91 Å². The number of hydrogen-bond acceptors (Lipinski definition) is 2. The zero-order valence-electron chi connectivity index (χ0n) is 9.22. The maximum absolute atomic E-state index is 11.6. The topological polar surface area (TPSA) is 40.5 Å². The highest BCUT2D eigenvalue weighted by Gasteiger charge is 2.20. The Kier molecular flexibility index (Phi) is 6.12. The van der Waals surface area contributed by atoms with Crippen LogP contribution in [-0.4, -0.2) is 40.5 Å². The maximum Gasteiger partial charge on any atom is 0.222 e. The van der Waals surface area contributed by atoms with Crippen LogP contribution in [0.15, 0.2) is 0 Å². The molecule has 4 heteroatoms. The second kappa shape index (κ2) is 6.25. The summed E-state index contributed by atoms with van der Waals surface area (Å²) in [5, 5.41) is 9.57. The van der Waals surface area contributed by atoms with E-state index in [1.54, 1.807) is 18.7 Å². The van der Waals surface area contributed by atoms with E-state index in [1.807, 2.05) is 6.92 Å². The van der Waals surface area contributed by atoms with Gasteiger partial charge in [0.1, 0.15) is 0 Å². The Morgan fingerprint density at radius 2 is 2.07 bits per heavy atom. The standard InChI is InChI=1S/C10H20ClNO2/c1-4-12(8-10(2,3)14)9(13)6-5-7-11/h14H,4-8H2,1-3H3. The van der Waals surface area contributed by atoms with Gasteiger partial charge in [0.15, 0.2) is 0 Å². The van der Waals surface area contributed by atoms with Gasteiger partial charge >= 0.3 is 0 Å². The minimum atomic E-state index is -0.827. The van der Waals surface area contributed by atoms with E-state index in [1.165, 1.54) is 0 Å². The fourth-order valence-corrected chi connectivity index (χ4v) is 1.35. The first-order chi connectivity index (χ1) is 6.40. The summed E-state index contributed by atoms with van der Waals surface area (Å²) < 4.78 is 0. The van der Waals surface area contributed by atoms with Crippen molar-refractivity contribution in [3.05, 3.63) is 0 Å². The molecule has 0 unspecified atom stereocenters. The summed E-state index contributed by atoms with van der Waals surface area (Å²) in [6.45, 7) is 6.31. The third-order valence-corrected chi connectivity index (χ3v) is 2.10. The van der Waals surface area contributed by atoms with Crippen molar-refractivity contribution < 1.29 is 9.90 Å². The zero-order valence-corrected chi connectivity index (χ0v) is 9.97. The zero-order chi connectivity index (χ0) is 11.2. The third kappa shape index (κ3) is 6.22. The first kappa shape index (κ1) is 13.7. The molecular weight excluding hydrogens is 202 g/mol.